The molecule has 0 amide bonds. The Kier molecular flexibility index (Phi) is 5.08. The molecule has 2 rings (SSSR count). The fraction of sp³-hybridized carbons (Fsp3) is 0.308. The highest BCUT2D eigenvalue weighted by atomic mass is 79.9. The molecule has 0 radical (unpaired) electrons. The van der Waals surface area contributed by atoms with Crippen molar-refractivity contribution in [3.8, 4) is 11.5 Å². The minimum Gasteiger partial charge on any atom is -0.488 e. The summed E-state index contributed by atoms with van der Waals surface area (Å²) in [4.78, 5) is 11.1. The van der Waals surface area contributed by atoms with Crippen LogP contribution in [0.1, 0.15) is 12.5 Å². The van der Waals surface area contributed by atoms with Crippen LogP contribution in [0.5, 0.6) is 11.5 Å². The number of fused-ring (bicyclic) bond motifs is 1. The lowest BCUT2D eigenvalue weighted by Gasteiger charge is -2.29. The summed E-state index contributed by atoms with van der Waals surface area (Å²) in [5.41, 5.74) is -1.03. The molecule has 0 fully saturated rings. The molecule has 10 heteroatoms. The first-order valence-electron chi connectivity index (χ1n) is 6.11. The predicted octanol–water partition coefficient (Wildman–Crippen LogP) is 4.95. The molecule has 23 heavy (non-hydrogen) atoms. The highest BCUT2D eigenvalue weighted by Gasteiger charge is 2.49. The number of rotatable bonds is 3. The van der Waals surface area contributed by atoms with Crippen LogP contribution in [-0.2, 0) is 4.79 Å². The van der Waals surface area contributed by atoms with E-state index in [1.807, 2.05) is 0 Å². The Morgan fingerprint density at radius 3 is 2.52 bits per heavy atom. The number of ether oxygens (including phenoxy) is 2. The number of aliphatic carboxylic acids is 1. The highest BCUT2D eigenvalue weighted by molar-refractivity contribution is 9.10. The topological polar surface area (TPSA) is 55.8 Å². The molecule has 1 N–H and O–H groups in total. The Hall–Kier alpha value is -1.12. The number of carboxylic acid groups (broad SMARTS) is 1. The lowest BCUT2D eigenvalue weighted by Crippen LogP contribution is -2.40. The van der Waals surface area contributed by atoms with Crippen LogP contribution in [0.25, 0.3) is 6.08 Å². The summed E-state index contributed by atoms with van der Waals surface area (Å²) >= 11 is 15.1. The number of hydrogen-bond acceptors (Lipinski definition) is 3. The van der Waals surface area contributed by atoms with Crippen LogP contribution in [0.4, 0.5) is 13.2 Å². The molecule has 126 valence electrons. The standard InChI is InChI=1S/C13H8BrCl2F3O4/c1-2-22-10-8(16)6(14)7(15)4-3-5(12(20)21)11(13(17,18)19)23-9(4)10/h3,11H,2H2,1H3,(H,20,21). The molecule has 1 aromatic carbocycles. The van der Waals surface area contributed by atoms with Crippen molar-refractivity contribution >= 4 is 51.2 Å². The molecule has 1 aliphatic rings. The van der Waals surface area contributed by atoms with Gasteiger partial charge in [-0.3, -0.25) is 0 Å². The zero-order chi connectivity index (χ0) is 17.5. The van der Waals surface area contributed by atoms with Gasteiger partial charge in [-0.25, -0.2) is 4.79 Å². The maximum Gasteiger partial charge on any atom is 0.430 e. The summed E-state index contributed by atoms with van der Waals surface area (Å²) in [5, 5.41) is 8.88. The van der Waals surface area contributed by atoms with E-state index in [1.54, 1.807) is 6.92 Å². The van der Waals surface area contributed by atoms with Gasteiger partial charge in [0.15, 0.2) is 11.5 Å². The second-order valence-corrected chi connectivity index (χ2v) is 5.94. The second-order valence-electron chi connectivity index (χ2n) is 4.39. The van der Waals surface area contributed by atoms with Crippen molar-refractivity contribution in [2.24, 2.45) is 0 Å². The number of hydrogen-bond donors (Lipinski definition) is 1. The first-order valence-corrected chi connectivity index (χ1v) is 7.65. The van der Waals surface area contributed by atoms with Gasteiger partial charge >= 0.3 is 12.1 Å². The molecule has 0 aliphatic carbocycles. The van der Waals surface area contributed by atoms with Crippen molar-refractivity contribution in [1.29, 1.82) is 0 Å². The number of carboxylic acids is 1. The Balaban J connectivity index is 2.77. The summed E-state index contributed by atoms with van der Waals surface area (Å²) in [6.07, 6.45) is -6.78. The van der Waals surface area contributed by atoms with Gasteiger partial charge in [0, 0.05) is 5.56 Å². The van der Waals surface area contributed by atoms with Crippen molar-refractivity contribution in [1.82, 2.24) is 0 Å². The first kappa shape index (κ1) is 18.2. The van der Waals surface area contributed by atoms with Crippen LogP contribution < -0.4 is 9.47 Å². The van der Waals surface area contributed by atoms with Gasteiger partial charge < -0.3 is 14.6 Å². The van der Waals surface area contributed by atoms with Crippen molar-refractivity contribution in [2.45, 2.75) is 19.2 Å². The molecule has 0 spiro atoms. The third kappa shape index (κ3) is 3.25. The lowest BCUT2D eigenvalue weighted by atomic mass is 10.0. The zero-order valence-corrected chi connectivity index (χ0v) is 14.4. The van der Waals surface area contributed by atoms with Crippen LogP contribution >= 0.6 is 39.1 Å². The van der Waals surface area contributed by atoms with Crippen LogP contribution in [0.2, 0.25) is 10.0 Å². The van der Waals surface area contributed by atoms with Gasteiger partial charge in [0.1, 0.15) is 5.02 Å². The summed E-state index contributed by atoms with van der Waals surface area (Å²) in [7, 11) is 0. The smallest absolute Gasteiger partial charge is 0.430 e. The van der Waals surface area contributed by atoms with Crippen LogP contribution in [0.3, 0.4) is 0 Å². The average molecular weight is 436 g/mol. The van der Waals surface area contributed by atoms with Gasteiger partial charge in [-0.15, -0.1) is 0 Å². The van der Waals surface area contributed by atoms with E-state index in [9.17, 15) is 18.0 Å². The number of alkyl halides is 3. The van der Waals surface area contributed by atoms with Crippen molar-refractivity contribution in [3.63, 3.8) is 0 Å². The first-order chi connectivity index (χ1) is 10.6. The summed E-state index contributed by atoms with van der Waals surface area (Å²) < 4.78 is 49.6. The molecule has 0 aromatic heterocycles. The number of carbonyl (C=O) groups is 1. The van der Waals surface area contributed by atoms with Gasteiger partial charge in [0.2, 0.25) is 6.10 Å². The van der Waals surface area contributed by atoms with Crippen molar-refractivity contribution in [3.05, 3.63) is 25.7 Å². The molecular weight excluding hydrogens is 428 g/mol. The van der Waals surface area contributed by atoms with Crippen molar-refractivity contribution < 1.29 is 32.5 Å². The monoisotopic (exact) mass is 434 g/mol. The van der Waals surface area contributed by atoms with Gasteiger partial charge in [-0.1, -0.05) is 23.2 Å². The fourth-order valence-electron chi connectivity index (χ4n) is 1.98. The number of halogens is 6. The quantitative estimate of drug-likeness (QED) is 0.683. The Bertz CT molecular complexity index is 704. The molecule has 1 aliphatic heterocycles. The van der Waals surface area contributed by atoms with E-state index in [0.717, 1.165) is 6.08 Å². The lowest BCUT2D eigenvalue weighted by molar-refractivity contribution is -0.187. The molecule has 1 aromatic rings. The minimum atomic E-state index is -4.93. The highest BCUT2D eigenvalue weighted by Crippen LogP contribution is 2.52. The van der Waals surface area contributed by atoms with Crippen LogP contribution in [0, 0.1) is 0 Å². The van der Waals surface area contributed by atoms with Crippen LogP contribution in [0.15, 0.2) is 10.0 Å². The molecule has 0 bridgehead atoms. The van der Waals surface area contributed by atoms with Gasteiger partial charge in [-0.2, -0.15) is 13.2 Å². The van der Waals surface area contributed by atoms with E-state index < -0.39 is 23.8 Å². The molecule has 0 saturated carbocycles. The van der Waals surface area contributed by atoms with E-state index in [0.29, 0.717) is 0 Å². The average Bonchev–Trinajstić information content (AvgIpc) is 2.47. The van der Waals surface area contributed by atoms with E-state index >= 15 is 0 Å². The van der Waals surface area contributed by atoms with Gasteiger partial charge in [0.25, 0.3) is 0 Å². The van der Waals surface area contributed by atoms with E-state index in [-0.39, 0.29) is 38.2 Å². The van der Waals surface area contributed by atoms with Crippen LogP contribution in [-0.4, -0.2) is 30.0 Å². The van der Waals surface area contributed by atoms with Gasteiger partial charge in [-0.05, 0) is 28.9 Å². The summed E-state index contributed by atoms with van der Waals surface area (Å²) in [6, 6.07) is 0. The Morgan fingerprint density at radius 2 is 2.04 bits per heavy atom. The second kappa shape index (κ2) is 6.41. The normalized spacial score (nSPS) is 17.2. The predicted molar refractivity (Wildman–Crippen MR) is 81.4 cm³/mol. The van der Waals surface area contributed by atoms with E-state index in [1.165, 1.54) is 0 Å². The Morgan fingerprint density at radius 1 is 1.43 bits per heavy atom. The third-order valence-corrected chi connectivity index (χ3v) is 4.93. The maximum absolute atomic E-state index is 13.1. The third-order valence-electron chi connectivity index (χ3n) is 2.92. The number of benzene rings is 1. The fourth-order valence-corrected chi connectivity index (χ4v) is 2.90. The largest absolute Gasteiger partial charge is 0.488 e. The molecule has 1 atom stereocenters. The molecule has 1 heterocycles. The Labute approximate surface area is 146 Å². The molecule has 0 saturated heterocycles. The van der Waals surface area contributed by atoms with Gasteiger partial charge in [0.05, 0.1) is 21.7 Å². The summed E-state index contributed by atoms with van der Waals surface area (Å²) in [5.74, 6) is -2.26. The van der Waals surface area contributed by atoms with Crippen molar-refractivity contribution in [2.75, 3.05) is 6.61 Å². The minimum absolute atomic E-state index is 0.0516. The maximum atomic E-state index is 13.1. The van der Waals surface area contributed by atoms with E-state index in [2.05, 4.69) is 15.9 Å². The van der Waals surface area contributed by atoms with E-state index in [4.69, 9.17) is 37.8 Å². The molecular formula is C13H8BrCl2F3O4. The SMILES string of the molecule is CCOc1c(Cl)c(Br)c(Cl)c2c1OC(C(F)(F)F)C(C(=O)O)=C2. The molecule has 1 unspecified atom stereocenters. The zero-order valence-electron chi connectivity index (χ0n) is 11.3. The molecule has 4 nitrogen and oxygen atoms in total. The summed E-state index contributed by atoms with van der Waals surface area (Å²) in [6.45, 7) is 1.71.